The van der Waals surface area contributed by atoms with Gasteiger partial charge in [-0.3, -0.25) is 0 Å². The van der Waals surface area contributed by atoms with Gasteiger partial charge in [-0.25, -0.2) is 0 Å². The zero-order valence-electron chi connectivity index (χ0n) is 6.14. The molecule has 0 unspecified atom stereocenters. The van der Waals surface area contributed by atoms with Crippen molar-refractivity contribution < 1.29 is 8.81 Å². The molecule has 1 aromatic rings. The molecule has 1 aromatic heterocycles. The molecular weight excluding hydrogens is 145 g/mol. The average molecular weight is 155 g/mol. The predicted molar refractivity (Wildman–Crippen MR) is 38.6 cm³/mol. The lowest BCUT2D eigenvalue weighted by Gasteiger charge is -2.04. The number of furan rings is 1. The van der Waals surface area contributed by atoms with Crippen molar-refractivity contribution in [1.29, 1.82) is 0 Å². The fraction of sp³-hybridized carbons (Fsp3) is 0.500. The van der Waals surface area contributed by atoms with Crippen LogP contribution in [0.2, 0.25) is 0 Å². The predicted octanol–water partition coefficient (Wildman–Crippen LogP) is 1.84. The fourth-order valence-electron chi connectivity index (χ4n) is 1.48. The highest BCUT2D eigenvalue weighted by Crippen LogP contribution is 2.23. The van der Waals surface area contributed by atoms with Gasteiger partial charge >= 0.3 is 0 Å². The van der Waals surface area contributed by atoms with Crippen molar-refractivity contribution in [2.75, 3.05) is 6.54 Å². The van der Waals surface area contributed by atoms with Gasteiger partial charge in [0.1, 0.15) is 0 Å². The highest BCUT2D eigenvalue weighted by molar-refractivity contribution is 5.13. The second kappa shape index (κ2) is 2.66. The molecular formula is C8H10FNO. The maximum atomic E-state index is 12.4. The third kappa shape index (κ3) is 1.28. The standard InChI is InChI=1S/C8H10FNO/c9-8-4-6(5-11-8)7-2-1-3-10-7/h4-5,7,10H,1-3H2/t7-/m1/s1. The number of hydrogen-bond acceptors (Lipinski definition) is 2. The lowest BCUT2D eigenvalue weighted by atomic mass is 10.1. The third-order valence-corrected chi connectivity index (χ3v) is 2.05. The van der Waals surface area contributed by atoms with Crippen molar-refractivity contribution in [3.05, 3.63) is 23.9 Å². The van der Waals surface area contributed by atoms with Crippen LogP contribution in [0, 0.1) is 6.01 Å². The van der Waals surface area contributed by atoms with Gasteiger partial charge in [0, 0.05) is 17.7 Å². The molecule has 3 heteroatoms. The second-order valence-electron chi connectivity index (χ2n) is 2.83. The lowest BCUT2D eigenvalue weighted by Crippen LogP contribution is -2.11. The van der Waals surface area contributed by atoms with Gasteiger partial charge in [-0.15, -0.1) is 0 Å². The van der Waals surface area contributed by atoms with E-state index < -0.39 is 6.01 Å². The summed E-state index contributed by atoms with van der Waals surface area (Å²) in [6.07, 6.45) is 3.73. The van der Waals surface area contributed by atoms with E-state index in [1.807, 2.05) is 0 Å². The lowest BCUT2D eigenvalue weighted by molar-refractivity contribution is 0.358. The van der Waals surface area contributed by atoms with Crippen LogP contribution in [0.3, 0.4) is 0 Å². The van der Waals surface area contributed by atoms with Gasteiger partial charge in [-0.2, -0.15) is 4.39 Å². The SMILES string of the molecule is Fc1cc([C@H]2CCCN2)co1. The van der Waals surface area contributed by atoms with Crippen molar-refractivity contribution in [2.45, 2.75) is 18.9 Å². The first kappa shape index (κ1) is 6.85. The maximum Gasteiger partial charge on any atom is 0.277 e. The molecule has 0 bridgehead atoms. The normalized spacial score (nSPS) is 24.3. The Kier molecular flexibility index (Phi) is 1.66. The van der Waals surface area contributed by atoms with Crippen LogP contribution in [0.25, 0.3) is 0 Å². The Morgan fingerprint density at radius 3 is 3.09 bits per heavy atom. The smallest absolute Gasteiger partial charge is 0.277 e. The first-order valence-corrected chi connectivity index (χ1v) is 3.83. The molecule has 0 aliphatic carbocycles. The Morgan fingerprint density at radius 2 is 2.55 bits per heavy atom. The van der Waals surface area contributed by atoms with Gasteiger partial charge in [-0.1, -0.05) is 0 Å². The van der Waals surface area contributed by atoms with E-state index in [9.17, 15) is 4.39 Å². The second-order valence-corrected chi connectivity index (χ2v) is 2.83. The van der Waals surface area contributed by atoms with Gasteiger partial charge < -0.3 is 9.73 Å². The first-order chi connectivity index (χ1) is 5.36. The van der Waals surface area contributed by atoms with Crippen LogP contribution in [-0.2, 0) is 0 Å². The minimum Gasteiger partial charge on any atom is -0.439 e. The summed E-state index contributed by atoms with van der Waals surface area (Å²) in [6.45, 7) is 1.03. The van der Waals surface area contributed by atoms with E-state index in [0.29, 0.717) is 6.04 Å². The van der Waals surface area contributed by atoms with E-state index in [0.717, 1.165) is 24.9 Å². The molecule has 0 aromatic carbocycles. The first-order valence-electron chi connectivity index (χ1n) is 3.83. The van der Waals surface area contributed by atoms with E-state index in [1.165, 1.54) is 12.3 Å². The Hall–Kier alpha value is -0.830. The van der Waals surface area contributed by atoms with Crippen molar-refractivity contribution >= 4 is 0 Å². The monoisotopic (exact) mass is 155 g/mol. The molecule has 0 radical (unpaired) electrons. The van der Waals surface area contributed by atoms with Crippen LogP contribution < -0.4 is 5.32 Å². The summed E-state index contributed by atoms with van der Waals surface area (Å²) in [5.74, 6) is 0. The largest absolute Gasteiger partial charge is 0.439 e. The van der Waals surface area contributed by atoms with Crippen molar-refractivity contribution in [3.8, 4) is 0 Å². The molecule has 1 fully saturated rings. The van der Waals surface area contributed by atoms with E-state index in [-0.39, 0.29) is 0 Å². The van der Waals surface area contributed by atoms with Crippen LogP contribution in [0.5, 0.6) is 0 Å². The Balaban J connectivity index is 2.15. The molecule has 2 heterocycles. The summed E-state index contributed by atoms with van der Waals surface area (Å²) in [5, 5.41) is 3.26. The maximum absolute atomic E-state index is 12.4. The minimum atomic E-state index is -0.492. The fourth-order valence-corrected chi connectivity index (χ4v) is 1.48. The summed E-state index contributed by atoms with van der Waals surface area (Å²) in [4.78, 5) is 0. The van der Waals surface area contributed by atoms with Crippen LogP contribution in [0.4, 0.5) is 4.39 Å². The number of hydrogen-bond donors (Lipinski definition) is 1. The Morgan fingerprint density at radius 1 is 1.64 bits per heavy atom. The quantitative estimate of drug-likeness (QED) is 0.669. The third-order valence-electron chi connectivity index (χ3n) is 2.05. The number of halogens is 1. The van der Waals surface area contributed by atoms with Crippen LogP contribution in [0.1, 0.15) is 24.4 Å². The Bertz CT molecular complexity index is 240. The minimum absolute atomic E-state index is 0.309. The van der Waals surface area contributed by atoms with Crippen molar-refractivity contribution in [3.63, 3.8) is 0 Å². The molecule has 0 spiro atoms. The highest BCUT2D eigenvalue weighted by atomic mass is 19.1. The average Bonchev–Trinajstić information content (AvgIpc) is 2.55. The van der Waals surface area contributed by atoms with Gasteiger partial charge in [-0.05, 0) is 19.4 Å². The van der Waals surface area contributed by atoms with E-state index in [4.69, 9.17) is 0 Å². The molecule has 1 aliphatic rings. The summed E-state index contributed by atoms with van der Waals surface area (Å²) < 4.78 is 17.0. The molecule has 1 aliphatic heterocycles. The van der Waals surface area contributed by atoms with Gasteiger partial charge in [0.05, 0.1) is 6.26 Å². The van der Waals surface area contributed by atoms with E-state index in [2.05, 4.69) is 9.73 Å². The summed E-state index contributed by atoms with van der Waals surface area (Å²) >= 11 is 0. The zero-order valence-corrected chi connectivity index (χ0v) is 6.14. The topological polar surface area (TPSA) is 25.2 Å². The molecule has 2 nitrogen and oxygen atoms in total. The molecule has 1 N–H and O–H groups in total. The molecule has 1 saturated heterocycles. The van der Waals surface area contributed by atoms with Crippen LogP contribution >= 0.6 is 0 Å². The number of rotatable bonds is 1. The van der Waals surface area contributed by atoms with Crippen LogP contribution in [0.15, 0.2) is 16.7 Å². The highest BCUT2D eigenvalue weighted by Gasteiger charge is 2.17. The molecule has 60 valence electrons. The van der Waals surface area contributed by atoms with Crippen LogP contribution in [-0.4, -0.2) is 6.54 Å². The van der Waals surface area contributed by atoms with E-state index >= 15 is 0 Å². The molecule has 0 saturated carbocycles. The molecule has 1 atom stereocenters. The van der Waals surface area contributed by atoms with Crippen molar-refractivity contribution in [2.24, 2.45) is 0 Å². The van der Waals surface area contributed by atoms with Gasteiger partial charge in [0.2, 0.25) is 0 Å². The van der Waals surface area contributed by atoms with Crippen molar-refractivity contribution in [1.82, 2.24) is 5.32 Å². The summed E-state index contributed by atoms with van der Waals surface area (Å²) in [5.41, 5.74) is 0.931. The molecule has 2 rings (SSSR count). The van der Waals surface area contributed by atoms with Gasteiger partial charge in [0.25, 0.3) is 6.01 Å². The summed E-state index contributed by atoms with van der Waals surface area (Å²) in [7, 11) is 0. The summed E-state index contributed by atoms with van der Waals surface area (Å²) in [6, 6.07) is 1.26. The number of nitrogens with one attached hydrogen (secondary N) is 1. The van der Waals surface area contributed by atoms with Gasteiger partial charge in [0.15, 0.2) is 0 Å². The zero-order chi connectivity index (χ0) is 7.68. The molecule has 0 amide bonds. The van der Waals surface area contributed by atoms with E-state index in [1.54, 1.807) is 0 Å². The molecule has 11 heavy (non-hydrogen) atoms. The Labute approximate surface area is 64.4 Å².